The maximum absolute atomic E-state index is 2.37. The number of hydrogen-bond acceptors (Lipinski definition) is 0. The molecule has 0 spiro atoms. The van der Waals surface area contributed by atoms with Gasteiger partial charge in [-0.05, 0) is 46.7 Å². The van der Waals surface area contributed by atoms with Crippen LogP contribution in [0.2, 0.25) is 0 Å². The molecule has 2 aromatic rings. The number of aromatic nitrogens is 1. The van der Waals surface area contributed by atoms with Crippen molar-refractivity contribution >= 4 is 22.6 Å². The van der Waals surface area contributed by atoms with E-state index < -0.39 is 0 Å². The Labute approximate surface area is 97.9 Å². The van der Waals surface area contributed by atoms with Gasteiger partial charge < -0.3 is 4.57 Å². The number of aryl methyl sites for hydroxylation is 1. The normalized spacial score (nSPS) is 10.4. The van der Waals surface area contributed by atoms with Gasteiger partial charge in [0.2, 0.25) is 0 Å². The molecule has 0 radical (unpaired) electrons. The molecule has 0 saturated carbocycles. The molecule has 1 aromatic heterocycles. The van der Waals surface area contributed by atoms with Crippen LogP contribution in [0.4, 0.5) is 0 Å². The van der Waals surface area contributed by atoms with E-state index in [-0.39, 0.29) is 0 Å². The minimum atomic E-state index is 0.965. The standard InChI is InChI=1S/C12H12IN/c1-10-7-12(13)14(8-10)9-11-5-3-2-4-6-11/h2-8H,9H2,1H3. The van der Waals surface area contributed by atoms with Crippen LogP contribution in [-0.2, 0) is 6.54 Å². The van der Waals surface area contributed by atoms with Crippen LogP contribution in [0.25, 0.3) is 0 Å². The lowest BCUT2D eigenvalue weighted by Crippen LogP contribution is -1.99. The fourth-order valence-electron chi connectivity index (χ4n) is 1.52. The zero-order chi connectivity index (χ0) is 9.97. The largest absolute Gasteiger partial charge is 0.338 e. The highest BCUT2D eigenvalue weighted by molar-refractivity contribution is 14.1. The molecule has 0 bridgehead atoms. The number of nitrogens with zero attached hydrogens (tertiary/aromatic N) is 1. The molecular weight excluding hydrogens is 285 g/mol. The van der Waals surface area contributed by atoms with Gasteiger partial charge in [0.15, 0.2) is 0 Å². The molecular formula is C12H12IN. The molecule has 0 aliphatic heterocycles. The van der Waals surface area contributed by atoms with Gasteiger partial charge in [0, 0.05) is 12.7 Å². The molecule has 0 atom stereocenters. The molecule has 2 rings (SSSR count). The van der Waals surface area contributed by atoms with Crippen LogP contribution in [0.1, 0.15) is 11.1 Å². The second-order valence-electron chi connectivity index (χ2n) is 3.45. The molecule has 72 valence electrons. The Kier molecular flexibility index (Phi) is 2.91. The molecule has 0 N–H and O–H groups in total. The fraction of sp³-hybridized carbons (Fsp3) is 0.167. The van der Waals surface area contributed by atoms with Crippen molar-refractivity contribution in [3.05, 3.63) is 57.4 Å². The molecule has 1 nitrogen and oxygen atoms in total. The summed E-state index contributed by atoms with van der Waals surface area (Å²) in [4.78, 5) is 0. The highest BCUT2D eigenvalue weighted by Gasteiger charge is 2.00. The lowest BCUT2D eigenvalue weighted by molar-refractivity contribution is 0.784. The van der Waals surface area contributed by atoms with Crippen LogP contribution in [0.3, 0.4) is 0 Å². The second-order valence-corrected chi connectivity index (χ2v) is 4.56. The maximum atomic E-state index is 2.37. The van der Waals surface area contributed by atoms with Crippen molar-refractivity contribution in [1.29, 1.82) is 0 Å². The first-order chi connectivity index (χ1) is 6.75. The first-order valence-electron chi connectivity index (χ1n) is 4.62. The van der Waals surface area contributed by atoms with E-state index in [0.29, 0.717) is 0 Å². The molecule has 0 unspecified atom stereocenters. The molecule has 0 aliphatic carbocycles. The Morgan fingerprint density at radius 2 is 1.93 bits per heavy atom. The summed E-state index contributed by atoms with van der Waals surface area (Å²) >= 11 is 2.37. The van der Waals surface area contributed by atoms with Crippen LogP contribution in [0.15, 0.2) is 42.6 Å². The van der Waals surface area contributed by atoms with Crippen molar-refractivity contribution in [2.24, 2.45) is 0 Å². The molecule has 1 heterocycles. The lowest BCUT2D eigenvalue weighted by Gasteiger charge is -2.04. The number of hydrogen-bond donors (Lipinski definition) is 0. The van der Waals surface area contributed by atoms with E-state index in [9.17, 15) is 0 Å². The smallest absolute Gasteiger partial charge is 0.0804 e. The number of rotatable bonds is 2. The minimum Gasteiger partial charge on any atom is -0.338 e. The Balaban J connectivity index is 2.23. The van der Waals surface area contributed by atoms with Gasteiger partial charge in [0.05, 0.1) is 3.70 Å². The third kappa shape index (κ3) is 2.18. The summed E-state index contributed by atoms with van der Waals surface area (Å²) in [6, 6.07) is 12.7. The van der Waals surface area contributed by atoms with Gasteiger partial charge in [-0.1, -0.05) is 30.3 Å². The van der Waals surface area contributed by atoms with Gasteiger partial charge in [0.25, 0.3) is 0 Å². The van der Waals surface area contributed by atoms with E-state index in [2.05, 4.69) is 76.7 Å². The van der Waals surface area contributed by atoms with E-state index in [1.165, 1.54) is 14.8 Å². The highest BCUT2D eigenvalue weighted by atomic mass is 127. The zero-order valence-corrected chi connectivity index (χ0v) is 10.2. The average molecular weight is 297 g/mol. The van der Waals surface area contributed by atoms with Gasteiger partial charge in [-0.3, -0.25) is 0 Å². The summed E-state index contributed by atoms with van der Waals surface area (Å²) < 4.78 is 3.56. The summed E-state index contributed by atoms with van der Waals surface area (Å²) in [7, 11) is 0. The lowest BCUT2D eigenvalue weighted by atomic mass is 10.2. The average Bonchev–Trinajstić information content (AvgIpc) is 2.47. The van der Waals surface area contributed by atoms with Crippen molar-refractivity contribution in [1.82, 2.24) is 4.57 Å². The second kappa shape index (κ2) is 4.17. The van der Waals surface area contributed by atoms with Crippen molar-refractivity contribution in [3.63, 3.8) is 0 Å². The third-order valence-corrected chi connectivity index (χ3v) is 3.11. The van der Waals surface area contributed by atoms with Crippen molar-refractivity contribution in [2.45, 2.75) is 13.5 Å². The van der Waals surface area contributed by atoms with Gasteiger partial charge in [-0.2, -0.15) is 0 Å². The number of benzene rings is 1. The van der Waals surface area contributed by atoms with E-state index in [4.69, 9.17) is 0 Å². The maximum Gasteiger partial charge on any atom is 0.0804 e. The third-order valence-electron chi connectivity index (χ3n) is 2.18. The summed E-state index contributed by atoms with van der Waals surface area (Å²) in [5.74, 6) is 0. The van der Waals surface area contributed by atoms with E-state index in [1.807, 2.05) is 0 Å². The minimum absolute atomic E-state index is 0.965. The molecule has 0 fully saturated rings. The van der Waals surface area contributed by atoms with Crippen molar-refractivity contribution < 1.29 is 0 Å². The summed E-state index contributed by atoms with van der Waals surface area (Å²) in [6.07, 6.45) is 2.19. The molecule has 0 amide bonds. The Morgan fingerprint density at radius 3 is 2.50 bits per heavy atom. The van der Waals surface area contributed by atoms with E-state index in [1.54, 1.807) is 0 Å². The monoisotopic (exact) mass is 297 g/mol. The molecule has 2 heteroatoms. The predicted molar refractivity (Wildman–Crippen MR) is 67.4 cm³/mol. The zero-order valence-electron chi connectivity index (χ0n) is 8.07. The topological polar surface area (TPSA) is 4.93 Å². The van der Waals surface area contributed by atoms with Crippen LogP contribution >= 0.6 is 22.6 Å². The number of halogens is 1. The molecule has 14 heavy (non-hydrogen) atoms. The fourth-order valence-corrected chi connectivity index (χ4v) is 2.32. The van der Waals surface area contributed by atoms with Gasteiger partial charge >= 0.3 is 0 Å². The SMILES string of the molecule is Cc1cc(I)n(Cc2ccccc2)c1. The van der Waals surface area contributed by atoms with Crippen LogP contribution in [0.5, 0.6) is 0 Å². The Morgan fingerprint density at radius 1 is 1.21 bits per heavy atom. The summed E-state index contributed by atoms with van der Waals surface area (Å²) in [5.41, 5.74) is 2.67. The highest BCUT2D eigenvalue weighted by Crippen LogP contribution is 2.12. The van der Waals surface area contributed by atoms with Crippen molar-refractivity contribution in [3.8, 4) is 0 Å². The van der Waals surface area contributed by atoms with Crippen LogP contribution < -0.4 is 0 Å². The quantitative estimate of drug-likeness (QED) is 0.748. The summed E-state index contributed by atoms with van der Waals surface area (Å²) in [6.45, 7) is 3.09. The molecule has 0 aliphatic rings. The predicted octanol–water partition coefficient (Wildman–Crippen LogP) is 3.45. The van der Waals surface area contributed by atoms with Gasteiger partial charge in [-0.15, -0.1) is 0 Å². The molecule has 1 aromatic carbocycles. The Hall–Kier alpha value is -0.770. The van der Waals surface area contributed by atoms with Gasteiger partial charge in [-0.25, -0.2) is 0 Å². The van der Waals surface area contributed by atoms with Crippen molar-refractivity contribution in [2.75, 3.05) is 0 Å². The first kappa shape index (κ1) is 9.77. The van der Waals surface area contributed by atoms with E-state index in [0.717, 1.165) is 6.54 Å². The van der Waals surface area contributed by atoms with E-state index >= 15 is 0 Å². The summed E-state index contributed by atoms with van der Waals surface area (Å²) in [5, 5.41) is 0. The van der Waals surface area contributed by atoms with Gasteiger partial charge in [0.1, 0.15) is 0 Å². The molecule has 0 saturated heterocycles. The first-order valence-corrected chi connectivity index (χ1v) is 5.70. The van der Waals surface area contributed by atoms with Crippen LogP contribution in [-0.4, -0.2) is 4.57 Å². The Bertz CT molecular complexity index is 417. The van der Waals surface area contributed by atoms with Crippen LogP contribution in [0, 0.1) is 10.6 Å².